The highest BCUT2D eigenvalue weighted by Gasteiger charge is 2.35. The third-order valence-corrected chi connectivity index (χ3v) is 9.39. The van der Waals surface area contributed by atoms with Crippen LogP contribution < -0.4 is 4.90 Å². The molecule has 6 aromatic rings. The normalized spacial score (nSPS) is 13.7. The van der Waals surface area contributed by atoms with E-state index in [9.17, 15) is 0 Å². The molecule has 0 heterocycles. The first kappa shape index (κ1) is 27.7. The van der Waals surface area contributed by atoms with Gasteiger partial charge in [0, 0.05) is 22.5 Å². The van der Waals surface area contributed by atoms with Gasteiger partial charge in [-0.2, -0.15) is 0 Å². The van der Waals surface area contributed by atoms with E-state index >= 15 is 0 Å². The monoisotopic (exact) mass is 587 g/mol. The molecule has 1 heteroatoms. The molecule has 0 radical (unpaired) electrons. The lowest BCUT2D eigenvalue weighted by atomic mass is 9.82. The SMILES string of the molecule is CC1(C)c2ccccc2-c2cc(N(c3ccc(C4=CC=C=C=C4)cc3)c3ccc(-c4ccccc4-c4ccccc4)cc3)ccc21. The van der Waals surface area contributed by atoms with Crippen molar-refractivity contribution in [1.29, 1.82) is 0 Å². The Kier molecular flexibility index (Phi) is 6.78. The van der Waals surface area contributed by atoms with Gasteiger partial charge in [-0.15, -0.1) is 0 Å². The van der Waals surface area contributed by atoms with Crippen LogP contribution in [0.4, 0.5) is 17.1 Å². The Labute approximate surface area is 271 Å². The fraction of sp³-hybridized carbons (Fsp3) is 0.0667. The van der Waals surface area contributed by atoms with Gasteiger partial charge in [0.2, 0.25) is 0 Å². The van der Waals surface area contributed by atoms with Gasteiger partial charge in [-0.25, -0.2) is 0 Å². The maximum absolute atomic E-state index is 3.08. The van der Waals surface area contributed by atoms with E-state index in [0.717, 1.165) is 28.2 Å². The third-order valence-electron chi connectivity index (χ3n) is 9.39. The highest BCUT2D eigenvalue weighted by atomic mass is 15.1. The van der Waals surface area contributed by atoms with Gasteiger partial charge >= 0.3 is 0 Å². The van der Waals surface area contributed by atoms with Crippen LogP contribution in [0.25, 0.3) is 39.0 Å². The summed E-state index contributed by atoms with van der Waals surface area (Å²) >= 11 is 0. The maximum Gasteiger partial charge on any atom is 0.0468 e. The summed E-state index contributed by atoms with van der Waals surface area (Å²) < 4.78 is 0. The Morgan fingerprint density at radius 3 is 1.65 bits per heavy atom. The van der Waals surface area contributed by atoms with Crippen LogP contribution >= 0.6 is 0 Å². The molecule has 0 bridgehead atoms. The van der Waals surface area contributed by atoms with E-state index in [1.54, 1.807) is 0 Å². The number of allylic oxidation sites excluding steroid dienone is 4. The van der Waals surface area contributed by atoms with Gasteiger partial charge in [0.25, 0.3) is 0 Å². The third kappa shape index (κ3) is 4.76. The molecule has 0 unspecified atom stereocenters. The molecule has 0 fully saturated rings. The predicted molar refractivity (Wildman–Crippen MR) is 194 cm³/mol. The fourth-order valence-electron chi connectivity index (χ4n) is 7.02. The zero-order chi connectivity index (χ0) is 31.1. The number of benzene rings is 6. The second-order valence-corrected chi connectivity index (χ2v) is 12.5. The van der Waals surface area contributed by atoms with Crippen molar-refractivity contribution in [2.75, 3.05) is 4.90 Å². The van der Waals surface area contributed by atoms with Gasteiger partial charge in [-0.1, -0.05) is 135 Å². The predicted octanol–water partition coefficient (Wildman–Crippen LogP) is 12.1. The van der Waals surface area contributed by atoms with Crippen LogP contribution in [0.2, 0.25) is 0 Å². The van der Waals surface area contributed by atoms with Crippen molar-refractivity contribution in [3.63, 3.8) is 0 Å². The second kappa shape index (κ2) is 11.3. The van der Waals surface area contributed by atoms with E-state index < -0.39 is 0 Å². The molecular weight excluding hydrogens is 555 g/mol. The number of anilines is 3. The number of hydrogen-bond donors (Lipinski definition) is 0. The average Bonchev–Trinajstić information content (AvgIpc) is 3.35. The van der Waals surface area contributed by atoms with Gasteiger partial charge in [0.05, 0.1) is 0 Å². The van der Waals surface area contributed by atoms with Crippen molar-refractivity contribution < 1.29 is 0 Å². The minimum Gasteiger partial charge on any atom is -0.310 e. The topological polar surface area (TPSA) is 3.24 Å². The average molecular weight is 588 g/mol. The lowest BCUT2D eigenvalue weighted by Crippen LogP contribution is -2.15. The van der Waals surface area contributed by atoms with Crippen LogP contribution in [0.15, 0.2) is 175 Å². The van der Waals surface area contributed by atoms with E-state index in [-0.39, 0.29) is 5.41 Å². The zero-order valence-electron chi connectivity index (χ0n) is 26.0. The van der Waals surface area contributed by atoms with Crippen LogP contribution in [0.5, 0.6) is 0 Å². The maximum atomic E-state index is 3.08. The summed E-state index contributed by atoms with van der Waals surface area (Å²) in [6.45, 7) is 4.66. The van der Waals surface area contributed by atoms with Crippen LogP contribution in [0, 0.1) is 0 Å². The minimum absolute atomic E-state index is 0.0329. The lowest BCUT2D eigenvalue weighted by molar-refractivity contribution is 0.660. The van der Waals surface area contributed by atoms with Crippen LogP contribution in [-0.4, -0.2) is 0 Å². The molecule has 0 spiro atoms. The summed E-state index contributed by atoms with van der Waals surface area (Å²) in [5.74, 6) is 0. The van der Waals surface area contributed by atoms with Crippen molar-refractivity contribution in [2.45, 2.75) is 19.3 Å². The van der Waals surface area contributed by atoms with Gasteiger partial charge in [0.1, 0.15) is 0 Å². The van der Waals surface area contributed by atoms with E-state index in [1.165, 1.54) is 44.5 Å². The summed E-state index contributed by atoms with van der Waals surface area (Å²) in [5.41, 5.74) is 22.0. The molecule has 1 nitrogen and oxygen atoms in total. The van der Waals surface area contributed by atoms with Crippen molar-refractivity contribution >= 4 is 22.6 Å². The highest BCUT2D eigenvalue weighted by molar-refractivity contribution is 5.88. The van der Waals surface area contributed by atoms with Crippen molar-refractivity contribution in [3.8, 4) is 33.4 Å². The molecule has 6 aromatic carbocycles. The number of hydrogen-bond acceptors (Lipinski definition) is 1. The fourth-order valence-corrected chi connectivity index (χ4v) is 7.02. The Hall–Kier alpha value is -5.84. The molecule has 46 heavy (non-hydrogen) atoms. The van der Waals surface area contributed by atoms with Crippen molar-refractivity contribution in [1.82, 2.24) is 0 Å². The molecular formula is C45H33N. The van der Waals surface area contributed by atoms with E-state index in [4.69, 9.17) is 0 Å². The quantitative estimate of drug-likeness (QED) is 0.175. The standard InChI is InChI=1S/C45H33N/c1-45(2)43-20-12-11-19-41(43)42-31-38(29-30-44(42)45)46(36-25-21-33(22-26-36)32-13-5-3-6-14-32)37-27-23-35(24-28-37)40-18-10-9-17-39(40)34-15-7-4-8-16-34/h4-5,7-31H,1-2H3. The molecule has 2 aliphatic rings. The summed E-state index contributed by atoms with van der Waals surface area (Å²) in [4.78, 5) is 2.37. The second-order valence-electron chi connectivity index (χ2n) is 12.5. The van der Waals surface area contributed by atoms with E-state index in [1.807, 2.05) is 12.2 Å². The van der Waals surface area contributed by atoms with Crippen LogP contribution in [0.3, 0.4) is 0 Å². The van der Waals surface area contributed by atoms with Gasteiger partial charge in [-0.3, -0.25) is 0 Å². The Morgan fingerprint density at radius 2 is 1.00 bits per heavy atom. The number of nitrogens with zero attached hydrogens (tertiary/aromatic N) is 1. The van der Waals surface area contributed by atoms with Gasteiger partial charge in [0.15, 0.2) is 0 Å². The lowest BCUT2D eigenvalue weighted by Gasteiger charge is -2.27. The molecule has 0 saturated carbocycles. The summed E-state index contributed by atoms with van der Waals surface area (Å²) in [6.07, 6.45) is 5.98. The molecule has 8 rings (SSSR count). The number of fused-ring (bicyclic) bond motifs is 3. The first-order valence-electron chi connectivity index (χ1n) is 15.9. The largest absolute Gasteiger partial charge is 0.310 e. The zero-order valence-corrected chi connectivity index (χ0v) is 26.0. The van der Waals surface area contributed by atoms with Crippen LogP contribution in [-0.2, 0) is 5.41 Å². The first-order valence-corrected chi connectivity index (χ1v) is 15.9. The molecule has 0 aromatic heterocycles. The summed E-state index contributed by atoms with van der Waals surface area (Å²) in [6, 6.07) is 52.9. The molecule has 0 amide bonds. The Bertz CT molecular complexity index is 2220. The van der Waals surface area contributed by atoms with Crippen molar-refractivity contribution in [2.24, 2.45) is 0 Å². The molecule has 0 N–H and O–H groups in total. The summed E-state index contributed by atoms with van der Waals surface area (Å²) in [5, 5.41) is 0. The number of rotatable bonds is 6. The molecule has 0 aliphatic heterocycles. The Morgan fingerprint density at radius 1 is 0.457 bits per heavy atom. The first-order chi connectivity index (χ1) is 22.6. The van der Waals surface area contributed by atoms with Crippen LogP contribution in [0.1, 0.15) is 30.5 Å². The highest BCUT2D eigenvalue weighted by Crippen LogP contribution is 2.50. The van der Waals surface area contributed by atoms with Gasteiger partial charge < -0.3 is 4.90 Å². The Balaban J connectivity index is 1.23. The molecule has 0 atom stereocenters. The molecule has 218 valence electrons. The van der Waals surface area contributed by atoms with E-state index in [2.05, 4.69) is 182 Å². The smallest absolute Gasteiger partial charge is 0.0468 e. The van der Waals surface area contributed by atoms with Gasteiger partial charge in [-0.05, 0) is 110 Å². The van der Waals surface area contributed by atoms with Crippen molar-refractivity contribution in [3.05, 3.63) is 192 Å². The molecule has 2 aliphatic carbocycles. The summed E-state index contributed by atoms with van der Waals surface area (Å²) in [7, 11) is 0. The minimum atomic E-state index is -0.0329. The molecule has 0 saturated heterocycles. The van der Waals surface area contributed by atoms with E-state index in [0.29, 0.717) is 0 Å².